The van der Waals surface area contributed by atoms with Crippen LogP contribution in [0.4, 0.5) is 0 Å². The van der Waals surface area contributed by atoms with Gasteiger partial charge in [0, 0.05) is 12.1 Å². The minimum atomic E-state index is 0.351. The number of hydrogen-bond acceptors (Lipinski definition) is 2. The van der Waals surface area contributed by atoms with E-state index in [1.54, 1.807) is 0 Å². The summed E-state index contributed by atoms with van der Waals surface area (Å²) in [5, 5.41) is 0. The molecule has 0 spiro atoms. The number of hydrogen-bond donors (Lipinski definition) is 1. The summed E-state index contributed by atoms with van der Waals surface area (Å²) in [6, 6.07) is 11.7. The van der Waals surface area contributed by atoms with E-state index < -0.39 is 0 Å². The molecule has 1 aromatic rings. The zero-order chi connectivity index (χ0) is 12.3. The van der Waals surface area contributed by atoms with E-state index in [0.717, 1.165) is 0 Å². The lowest BCUT2D eigenvalue weighted by molar-refractivity contribution is 0.132. The summed E-state index contributed by atoms with van der Waals surface area (Å²) in [6.07, 6.45) is 2.49. The van der Waals surface area contributed by atoms with Gasteiger partial charge in [-0.3, -0.25) is 4.90 Å². The SMILES string of the molecule is CC(N)C1CCN(C(C)c2ccccc2)CC1. The van der Waals surface area contributed by atoms with Crippen molar-refractivity contribution in [3.63, 3.8) is 0 Å². The van der Waals surface area contributed by atoms with Crippen LogP contribution in [0.3, 0.4) is 0 Å². The highest BCUT2D eigenvalue weighted by atomic mass is 15.2. The zero-order valence-corrected chi connectivity index (χ0v) is 11.0. The molecule has 1 aliphatic rings. The highest BCUT2D eigenvalue weighted by Gasteiger charge is 2.25. The van der Waals surface area contributed by atoms with Crippen molar-refractivity contribution in [1.29, 1.82) is 0 Å². The summed E-state index contributed by atoms with van der Waals surface area (Å²) in [4.78, 5) is 2.58. The van der Waals surface area contributed by atoms with Crippen LogP contribution in [0.25, 0.3) is 0 Å². The Balaban J connectivity index is 1.93. The normalized spacial score (nSPS) is 22.3. The van der Waals surface area contributed by atoms with Crippen molar-refractivity contribution in [3.05, 3.63) is 35.9 Å². The van der Waals surface area contributed by atoms with E-state index in [4.69, 9.17) is 5.73 Å². The van der Waals surface area contributed by atoms with Crippen LogP contribution in [0.1, 0.15) is 38.3 Å². The number of nitrogens with two attached hydrogens (primary N) is 1. The molecule has 2 unspecified atom stereocenters. The molecule has 1 aliphatic heterocycles. The Hall–Kier alpha value is -0.860. The summed E-state index contributed by atoms with van der Waals surface area (Å²) in [5.41, 5.74) is 7.40. The number of nitrogens with zero attached hydrogens (tertiary/aromatic N) is 1. The molecule has 1 aromatic carbocycles. The summed E-state index contributed by atoms with van der Waals surface area (Å²) < 4.78 is 0. The Morgan fingerprint density at radius 1 is 1.12 bits per heavy atom. The first-order valence-corrected chi connectivity index (χ1v) is 6.73. The van der Waals surface area contributed by atoms with E-state index in [-0.39, 0.29) is 0 Å². The first kappa shape index (κ1) is 12.6. The minimum absolute atomic E-state index is 0.351. The van der Waals surface area contributed by atoms with Crippen LogP contribution in [0, 0.1) is 5.92 Å². The first-order valence-electron chi connectivity index (χ1n) is 6.73. The van der Waals surface area contributed by atoms with Gasteiger partial charge in [0.25, 0.3) is 0 Å². The van der Waals surface area contributed by atoms with Gasteiger partial charge in [-0.2, -0.15) is 0 Å². The van der Waals surface area contributed by atoms with Crippen molar-refractivity contribution in [1.82, 2.24) is 4.90 Å². The van der Waals surface area contributed by atoms with Crippen molar-refractivity contribution in [2.75, 3.05) is 13.1 Å². The predicted octanol–water partition coefficient (Wildman–Crippen LogP) is 2.81. The molecule has 1 heterocycles. The standard InChI is InChI=1S/C15H24N2/c1-12(16)14-8-10-17(11-9-14)13(2)15-6-4-3-5-7-15/h3-7,12-14H,8-11,16H2,1-2H3. The van der Waals surface area contributed by atoms with Gasteiger partial charge in [-0.25, -0.2) is 0 Å². The highest BCUT2D eigenvalue weighted by molar-refractivity contribution is 5.18. The summed E-state index contributed by atoms with van der Waals surface area (Å²) in [5.74, 6) is 0.717. The molecule has 0 aromatic heterocycles. The van der Waals surface area contributed by atoms with E-state index in [1.165, 1.54) is 31.5 Å². The van der Waals surface area contributed by atoms with Crippen LogP contribution in [-0.2, 0) is 0 Å². The summed E-state index contributed by atoms with van der Waals surface area (Å²) in [7, 11) is 0. The van der Waals surface area contributed by atoms with Gasteiger partial charge in [-0.1, -0.05) is 30.3 Å². The monoisotopic (exact) mass is 232 g/mol. The lowest BCUT2D eigenvalue weighted by Gasteiger charge is -2.37. The second-order valence-corrected chi connectivity index (χ2v) is 5.32. The van der Waals surface area contributed by atoms with Crippen LogP contribution >= 0.6 is 0 Å². The molecular weight excluding hydrogens is 208 g/mol. The van der Waals surface area contributed by atoms with E-state index in [0.29, 0.717) is 18.0 Å². The van der Waals surface area contributed by atoms with Gasteiger partial charge >= 0.3 is 0 Å². The van der Waals surface area contributed by atoms with Crippen molar-refractivity contribution >= 4 is 0 Å². The molecule has 0 aliphatic carbocycles. The van der Waals surface area contributed by atoms with Gasteiger partial charge in [0.1, 0.15) is 0 Å². The lowest BCUT2D eigenvalue weighted by Crippen LogP contribution is -2.40. The molecule has 1 fully saturated rings. The smallest absolute Gasteiger partial charge is 0.0319 e. The molecule has 2 atom stereocenters. The first-order chi connectivity index (χ1) is 8.18. The molecule has 94 valence electrons. The van der Waals surface area contributed by atoms with Gasteiger partial charge in [-0.05, 0) is 51.3 Å². The number of piperidine rings is 1. The average molecular weight is 232 g/mol. The maximum Gasteiger partial charge on any atom is 0.0319 e. The largest absolute Gasteiger partial charge is 0.328 e. The topological polar surface area (TPSA) is 29.3 Å². The van der Waals surface area contributed by atoms with Gasteiger partial charge in [0.15, 0.2) is 0 Å². The van der Waals surface area contributed by atoms with E-state index >= 15 is 0 Å². The third-order valence-electron chi connectivity index (χ3n) is 4.15. The Morgan fingerprint density at radius 2 is 1.71 bits per heavy atom. The molecule has 0 bridgehead atoms. The maximum atomic E-state index is 5.98. The van der Waals surface area contributed by atoms with Gasteiger partial charge in [0.2, 0.25) is 0 Å². The maximum absolute atomic E-state index is 5.98. The fraction of sp³-hybridized carbons (Fsp3) is 0.600. The lowest BCUT2D eigenvalue weighted by atomic mass is 9.90. The second kappa shape index (κ2) is 5.65. The zero-order valence-electron chi connectivity index (χ0n) is 11.0. The Bertz CT molecular complexity index is 326. The van der Waals surface area contributed by atoms with Gasteiger partial charge in [0.05, 0.1) is 0 Å². The van der Waals surface area contributed by atoms with E-state index in [2.05, 4.69) is 49.1 Å². The predicted molar refractivity (Wildman–Crippen MR) is 72.8 cm³/mol. The molecule has 2 rings (SSSR count). The number of benzene rings is 1. The van der Waals surface area contributed by atoms with Gasteiger partial charge < -0.3 is 5.73 Å². The van der Waals surface area contributed by atoms with Crippen molar-refractivity contribution < 1.29 is 0 Å². The van der Waals surface area contributed by atoms with Crippen molar-refractivity contribution in [2.24, 2.45) is 11.7 Å². The number of rotatable bonds is 3. The molecule has 2 heteroatoms. The van der Waals surface area contributed by atoms with Crippen LogP contribution in [0.2, 0.25) is 0 Å². The van der Waals surface area contributed by atoms with Gasteiger partial charge in [-0.15, -0.1) is 0 Å². The van der Waals surface area contributed by atoms with Crippen LogP contribution in [0.5, 0.6) is 0 Å². The Morgan fingerprint density at radius 3 is 2.24 bits per heavy atom. The summed E-state index contributed by atoms with van der Waals surface area (Å²) >= 11 is 0. The molecule has 2 nitrogen and oxygen atoms in total. The third-order valence-corrected chi connectivity index (χ3v) is 4.15. The molecule has 0 amide bonds. The Kier molecular flexibility index (Phi) is 4.19. The number of likely N-dealkylation sites (tertiary alicyclic amines) is 1. The molecule has 0 radical (unpaired) electrons. The van der Waals surface area contributed by atoms with Crippen LogP contribution < -0.4 is 5.73 Å². The van der Waals surface area contributed by atoms with Crippen molar-refractivity contribution in [2.45, 2.75) is 38.8 Å². The fourth-order valence-electron chi connectivity index (χ4n) is 2.77. The molecular formula is C15H24N2. The third kappa shape index (κ3) is 3.08. The van der Waals surface area contributed by atoms with E-state index in [1.807, 2.05) is 0 Å². The quantitative estimate of drug-likeness (QED) is 0.868. The fourth-order valence-corrected chi connectivity index (χ4v) is 2.77. The highest BCUT2D eigenvalue weighted by Crippen LogP contribution is 2.27. The molecule has 1 saturated heterocycles. The molecule has 17 heavy (non-hydrogen) atoms. The van der Waals surface area contributed by atoms with Crippen LogP contribution in [0.15, 0.2) is 30.3 Å². The average Bonchev–Trinajstić information content (AvgIpc) is 2.39. The minimum Gasteiger partial charge on any atom is -0.328 e. The van der Waals surface area contributed by atoms with Crippen molar-refractivity contribution in [3.8, 4) is 0 Å². The van der Waals surface area contributed by atoms with Crippen LogP contribution in [-0.4, -0.2) is 24.0 Å². The molecule has 0 saturated carbocycles. The summed E-state index contributed by atoms with van der Waals surface area (Å²) in [6.45, 7) is 6.81. The molecule has 2 N–H and O–H groups in total. The van der Waals surface area contributed by atoms with E-state index in [9.17, 15) is 0 Å². The second-order valence-electron chi connectivity index (χ2n) is 5.32. The Labute approximate surface area is 105 Å².